The van der Waals surface area contributed by atoms with Crippen molar-refractivity contribution in [2.24, 2.45) is 5.92 Å². The fraction of sp³-hybridized carbons (Fsp3) is 0.500. The maximum atomic E-state index is 12.8. The lowest BCUT2D eigenvalue weighted by atomic mass is 9.95. The lowest BCUT2D eigenvalue weighted by Gasteiger charge is -2.35. The lowest BCUT2D eigenvalue weighted by molar-refractivity contribution is 0.0245. The van der Waals surface area contributed by atoms with Crippen LogP contribution in [-0.2, 0) is 0 Å². The Labute approximate surface area is 168 Å². The van der Waals surface area contributed by atoms with Gasteiger partial charge in [0.2, 0.25) is 0 Å². The Kier molecular flexibility index (Phi) is 6.03. The van der Waals surface area contributed by atoms with Gasteiger partial charge in [-0.25, -0.2) is 0 Å². The SMILES string of the molecule is CC(C)(O)CN1CCC(CNC(=O)c2cc(Br)c(N)c3cccnc23)CC1. The molecule has 0 bridgehead atoms. The monoisotopic (exact) mass is 434 g/mol. The number of nitrogens with two attached hydrogens (primary N) is 1. The van der Waals surface area contributed by atoms with Crippen molar-refractivity contribution in [3.8, 4) is 0 Å². The molecule has 0 spiro atoms. The smallest absolute Gasteiger partial charge is 0.253 e. The van der Waals surface area contributed by atoms with Crippen LogP contribution in [0.15, 0.2) is 28.9 Å². The molecule has 1 aromatic carbocycles. The molecule has 1 saturated heterocycles. The van der Waals surface area contributed by atoms with Crippen LogP contribution in [0.5, 0.6) is 0 Å². The fourth-order valence-electron chi connectivity index (χ4n) is 3.64. The number of pyridine rings is 1. The Morgan fingerprint density at radius 1 is 1.44 bits per heavy atom. The first-order valence-electron chi connectivity index (χ1n) is 9.30. The predicted octanol–water partition coefficient (Wildman–Crippen LogP) is 2.79. The molecule has 0 saturated carbocycles. The van der Waals surface area contributed by atoms with Crippen LogP contribution in [0.25, 0.3) is 10.9 Å². The van der Waals surface area contributed by atoms with E-state index in [1.165, 1.54) is 0 Å². The van der Waals surface area contributed by atoms with Crippen LogP contribution in [0.1, 0.15) is 37.0 Å². The average Bonchev–Trinajstić information content (AvgIpc) is 2.62. The highest BCUT2D eigenvalue weighted by atomic mass is 79.9. The number of likely N-dealkylation sites (tertiary alicyclic amines) is 1. The van der Waals surface area contributed by atoms with Gasteiger partial charge in [0.05, 0.1) is 22.4 Å². The van der Waals surface area contributed by atoms with Gasteiger partial charge in [0.25, 0.3) is 5.91 Å². The molecule has 0 radical (unpaired) electrons. The third kappa shape index (κ3) is 4.97. The Morgan fingerprint density at radius 3 is 2.81 bits per heavy atom. The molecule has 7 heteroatoms. The lowest BCUT2D eigenvalue weighted by Crippen LogP contribution is -2.44. The van der Waals surface area contributed by atoms with E-state index in [1.807, 2.05) is 26.0 Å². The number of amides is 1. The van der Waals surface area contributed by atoms with Gasteiger partial charge in [-0.2, -0.15) is 0 Å². The van der Waals surface area contributed by atoms with Gasteiger partial charge >= 0.3 is 0 Å². The maximum Gasteiger partial charge on any atom is 0.253 e. The first-order valence-corrected chi connectivity index (χ1v) is 10.1. The number of halogens is 1. The highest BCUT2D eigenvalue weighted by molar-refractivity contribution is 9.10. The summed E-state index contributed by atoms with van der Waals surface area (Å²) in [6.45, 7) is 6.89. The van der Waals surface area contributed by atoms with Crippen molar-refractivity contribution in [2.75, 3.05) is 31.9 Å². The number of piperidine rings is 1. The number of rotatable bonds is 5. The van der Waals surface area contributed by atoms with Crippen LogP contribution in [-0.4, -0.2) is 52.7 Å². The summed E-state index contributed by atoms with van der Waals surface area (Å²) in [5, 5.41) is 13.8. The van der Waals surface area contributed by atoms with Gasteiger partial charge in [-0.1, -0.05) is 0 Å². The number of benzene rings is 1. The Bertz CT molecular complexity index is 827. The molecule has 27 heavy (non-hydrogen) atoms. The second kappa shape index (κ2) is 8.12. The summed E-state index contributed by atoms with van der Waals surface area (Å²) in [4.78, 5) is 19.4. The van der Waals surface area contributed by atoms with Crippen LogP contribution in [0.4, 0.5) is 5.69 Å². The summed E-state index contributed by atoms with van der Waals surface area (Å²) in [7, 11) is 0. The van der Waals surface area contributed by atoms with Crippen molar-refractivity contribution in [3.63, 3.8) is 0 Å². The molecule has 3 rings (SSSR count). The first kappa shape index (κ1) is 20.0. The van der Waals surface area contributed by atoms with Crippen molar-refractivity contribution < 1.29 is 9.90 Å². The second-order valence-electron chi connectivity index (χ2n) is 7.96. The van der Waals surface area contributed by atoms with Crippen molar-refractivity contribution in [1.82, 2.24) is 15.2 Å². The normalized spacial score (nSPS) is 16.6. The topological polar surface area (TPSA) is 91.5 Å². The number of aromatic nitrogens is 1. The zero-order valence-electron chi connectivity index (χ0n) is 15.8. The molecule has 4 N–H and O–H groups in total. The predicted molar refractivity (Wildman–Crippen MR) is 112 cm³/mol. The highest BCUT2D eigenvalue weighted by Gasteiger charge is 2.24. The quantitative estimate of drug-likeness (QED) is 0.629. The molecule has 1 aromatic heterocycles. The van der Waals surface area contributed by atoms with Gasteiger partial charge in [0.15, 0.2) is 0 Å². The molecular weight excluding hydrogens is 408 g/mol. The molecule has 1 aliphatic rings. The highest BCUT2D eigenvalue weighted by Crippen LogP contribution is 2.30. The van der Waals surface area contributed by atoms with Crippen LogP contribution in [0, 0.1) is 5.92 Å². The molecule has 1 fully saturated rings. The molecule has 1 aliphatic heterocycles. The minimum atomic E-state index is -0.669. The standard InChI is InChI=1S/C20H27BrN4O2/c1-20(2,27)12-25-8-5-13(6-9-25)11-24-19(26)15-10-16(21)17(22)14-4-3-7-23-18(14)15/h3-4,7,10,13,27H,5-6,8-9,11-12,22H2,1-2H3,(H,24,26). The van der Waals surface area contributed by atoms with E-state index in [0.29, 0.717) is 40.2 Å². The first-order chi connectivity index (χ1) is 12.7. The van der Waals surface area contributed by atoms with E-state index in [9.17, 15) is 9.90 Å². The number of nitrogens with one attached hydrogen (secondary N) is 1. The van der Waals surface area contributed by atoms with Gasteiger partial charge in [-0.15, -0.1) is 0 Å². The van der Waals surface area contributed by atoms with E-state index >= 15 is 0 Å². The maximum absolute atomic E-state index is 12.8. The fourth-order valence-corrected chi connectivity index (χ4v) is 4.08. The number of β-amino-alcohol motifs (C(OH)–C–C–N with tert-alkyl or cyclic N) is 1. The number of hydrogen-bond acceptors (Lipinski definition) is 5. The Hall–Kier alpha value is -1.70. The third-order valence-electron chi connectivity index (χ3n) is 4.99. The van der Waals surface area contributed by atoms with E-state index in [-0.39, 0.29) is 5.91 Å². The van der Waals surface area contributed by atoms with Gasteiger partial charge in [0, 0.05) is 29.1 Å². The minimum Gasteiger partial charge on any atom is -0.397 e. The van der Waals surface area contributed by atoms with Crippen LogP contribution in [0.2, 0.25) is 0 Å². The van der Waals surface area contributed by atoms with Crippen molar-refractivity contribution in [3.05, 3.63) is 34.4 Å². The number of hydrogen-bond donors (Lipinski definition) is 3. The molecule has 146 valence electrons. The summed E-state index contributed by atoms with van der Waals surface area (Å²) < 4.78 is 0.702. The molecule has 0 unspecified atom stereocenters. The molecule has 2 heterocycles. The second-order valence-corrected chi connectivity index (χ2v) is 8.82. The van der Waals surface area contributed by atoms with Crippen LogP contribution >= 0.6 is 15.9 Å². The van der Waals surface area contributed by atoms with Crippen molar-refractivity contribution in [2.45, 2.75) is 32.3 Å². The van der Waals surface area contributed by atoms with E-state index < -0.39 is 5.60 Å². The Balaban J connectivity index is 1.61. The van der Waals surface area contributed by atoms with Gasteiger partial charge in [0.1, 0.15) is 0 Å². The summed E-state index contributed by atoms with van der Waals surface area (Å²) in [6, 6.07) is 5.43. The minimum absolute atomic E-state index is 0.127. The molecule has 1 amide bonds. The van der Waals surface area contributed by atoms with E-state index in [0.717, 1.165) is 31.3 Å². The molecular formula is C20H27BrN4O2. The van der Waals surface area contributed by atoms with Gasteiger partial charge < -0.3 is 21.1 Å². The number of nitrogens with zero attached hydrogens (tertiary/aromatic N) is 2. The van der Waals surface area contributed by atoms with Crippen LogP contribution in [0.3, 0.4) is 0 Å². The number of fused-ring (bicyclic) bond motifs is 1. The zero-order chi connectivity index (χ0) is 19.6. The van der Waals surface area contributed by atoms with Crippen molar-refractivity contribution >= 4 is 38.4 Å². The van der Waals surface area contributed by atoms with Crippen LogP contribution < -0.4 is 11.1 Å². The van der Waals surface area contributed by atoms with E-state index in [2.05, 4.69) is 31.1 Å². The van der Waals surface area contributed by atoms with Crippen molar-refractivity contribution in [1.29, 1.82) is 0 Å². The molecule has 2 aromatic rings. The molecule has 0 atom stereocenters. The van der Waals surface area contributed by atoms with E-state index in [1.54, 1.807) is 12.3 Å². The number of anilines is 1. The number of aliphatic hydroxyl groups is 1. The summed E-state index contributed by atoms with van der Waals surface area (Å²) in [5.41, 5.74) is 7.17. The molecule has 0 aliphatic carbocycles. The third-order valence-corrected chi connectivity index (χ3v) is 5.65. The largest absolute Gasteiger partial charge is 0.397 e. The average molecular weight is 435 g/mol. The number of carbonyl (C=O) groups is 1. The van der Waals surface area contributed by atoms with Gasteiger partial charge in [-0.3, -0.25) is 9.78 Å². The summed E-state index contributed by atoms with van der Waals surface area (Å²) >= 11 is 3.43. The number of carbonyl (C=O) groups excluding carboxylic acids is 1. The summed E-state index contributed by atoms with van der Waals surface area (Å²) in [5.74, 6) is 0.321. The Morgan fingerprint density at radius 2 is 2.15 bits per heavy atom. The van der Waals surface area contributed by atoms with Gasteiger partial charge in [-0.05, 0) is 79.8 Å². The summed E-state index contributed by atoms with van der Waals surface area (Å²) in [6.07, 6.45) is 3.70. The zero-order valence-corrected chi connectivity index (χ0v) is 17.4. The van der Waals surface area contributed by atoms with E-state index in [4.69, 9.17) is 5.73 Å². The number of nitrogen functional groups attached to an aromatic ring is 1. The molecule has 6 nitrogen and oxygen atoms in total.